The molecule has 1 aliphatic heterocycles. The zero-order valence-corrected chi connectivity index (χ0v) is 13.2. The topological polar surface area (TPSA) is 58.5 Å². The van der Waals surface area contributed by atoms with Crippen LogP contribution in [0.1, 0.15) is 18.3 Å². The Bertz CT molecular complexity index is 466. The zero-order chi connectivity index (χ0) is 15.2. The van der Waals surface area contributed by atoms with Crippen LogP contribution in [0.25, 0.3) is 0 Å². The second kappa shape index (κ2) is 7.47. The number of carbonyl (C=O) groups excluding carboxylic acids is 1. The lowest BCUT2D eigenvalue weighted by molar-refractivity contribution is 0.0349. The van der Waals surface area contributed by atoms with E-state index in [1.54, 1.807) is 0 Å². The van der Waals surface area contributed by atoms with Crippen molar-refractivity contribution in [2.45, 2.75) is 26.4 Å². The van der Waals surface area contributed by atoms with Crippen LogP contribution in [0, 0.1) is 6.92 Å². The highest BCUT2D eigenvalue weighted by molar-refractivity contribution is 5.74. The number of aryl methyl sites for hydroxylation is 1. The first-order chi connectivity index (χ1) is 10.1. The predicted octanol–water partition coefficient (Wildman–Crippen LogP) is 0.853. The van der Waals surface area contributed by atoms with Gasteiger partial charge in [-0.3, -0.25) is 4.90 Å². The predicted molar refractivity (Wildman–Crippen MR) is 82.2 cm³/mol. The lowest BCUT2D eigenvalue weighted by Gasteiger charge is -2.29. The molecule has 0 spiro atoms. The van der Waals surface area contributed by atoms with Crippen molar-refractivity contribution in [2.75, 3.05) is 32.8 Å². The number of morpholine rings is 1. The van der Waals surface area contributed by atoms with Gasteiger partial charge in [0, 0.05) is 44.1 Å². The van der Waals surface area contributed by atoms with E-state index >= 15 is 0 Å². The second-order valence-electron chi connectivity index (χ2n) is 5.67. The molecule has 0 saturated carbocycles. The van der Waals surface area contributed by atoms with Crippen LogP contribution in [0.5, 0.6) is 0 Å². The molecule has 1 aliphatic rings. The van der Waals surface area contributed by atoms with Crippen molar-refractivity contribution in [3.8, 4) is 0 Å². The Morgan fingerprint density at radius 2 is 2.10 bits per heavy atom. The average Bonchev–Trinajstić information content (AvgIpc) is 2.77. The van der Waals surface area contributed by atoms with Gasteiger partial charge in [-0.2, -0.15) is 0 Å². The molecular formula is C15H26N4O2. The lowest BCUT2D eigenvalue weighted by Crippen LogP contribution is -2.48. The first kappa shape index (κ1) is 15.9. The number of urea groups is 1. The molecule has 1 saturated heterocycles. The maximum atomic E-state index is 11.9. The lowest BCUT2D eigenvalue weighted by atomic mass is 10.3. The number of rotatable bonds is 5. The fraction of sp³-hybridized carbons (Fsp3) is 0.667. The summed E-state index contributed by atoms with van der Waals surface area (Å²) < 4.78 is 7.40. The first-order valence-corrected chi connectivity index (χ1v) is 7.52. The molecule has 0 radical (unpaired) electrons. The molecule has 6 nitrogen and oxygen atoms in total. The number of amides is 2. The van der Waals surface area contributed by atoms with Crippen molar-refractivity contribution in [1.29, 1.82) is 0 Å². The number of hydrogen-bond donors (Lipinski definition) is 2. The van der Waals surface area contributed by atoms with Gasteiger partial charge < -0.3 is 19.9 Å². The maximum Gasteiger partial charge on any atom is 0.315 e. The molecule has 21 heavy (non-hydrogen) atoms. The minimum Gasteiger partial charge on any atom is -0.379 e. The number of nitrogens with one attached hydrogen (secondary N) is 2. The fourth-order valence-corrected chi connectivity index (χ4v) is 2.51. The Morgan fingerprint density at radius 3 is 2.71 bits per heavy atom. The van der Waals surface area contributed by atoms with Crippen LogP contribution in [-0.2, 0) is 18.3 Å². The summed E-state index contributed by atoms with van der Waals surface area (Å²) >= 11 is 0. The summed E-state index contributed by atoms with van der Waals surface area (Å²) in [4.78, 5) is 14.2. The van der Waals surface area contributed by atoms with Gasteiger partial charge in [0.15, 0.2) is 0 Å². The van der Waals surface area contributed by atoms with Crippen LogP contribution in [0.3, 0.4) is 0 Å². The number of hydrogen-bond acceptors (Lipinski definition) is 3. The summed E-state index contributed by atoms with van der Waals surface area (Å²) in [7, 11) is 2.01. The van der Waals surface area contributed by atoms with Crippen molar-refractivity contribution in [3.63, 3.8) is 0 Å². The van der Waals surface area contributed by atoms with E-state index in [9.17, 15) is 4.79 Å². The number of nitrogens with zero attached hydrogens (tertiary/aromatic N) is 2. The van der Waals surface area contributed by atoms with Gasteiger partial charge in [0.1, 0.15) is 0 Å². The molecule has 0 aromatic carbocycles. The Kier molecular flexibility index (Phi) is 5.64. The highest BCUT2D eigenvalue weighted by Crippen LogP contribution is 2.05. The van der Waals surface area contributed by atoms with Gasteiger partial charge in [-0.05, 0) is 26.0 Å². The summed E-state index contributed by atoms with van der Waals surface area (Å²) in [5.41, 5.74) is 2.29. The molecule has 1 aromatic heterocycles. The van der Waals surface area contributed by atoms with E-state index in [1.807, 2.05) is 27.0 Å². The van der Waals surface area contributed by atoms with Crippen molar-refractivity contribution in [1.82, 2.24) is 20.1 Å². The molecule has 1 atom stereocenters. The monoisotopic (exact) mass is 294 g/mol. The zero-order valence-electron chi connectivity index (χ0n) is 13.2. The molecule has 0 aliphatic carbocycles. The summed E-state index contributed by atoms with van der Waals surface area (Å²) in [5.74, 6) is 0. The van der Waals surface area contributed by atoms with Gasteiger partial charge >= 0.3 is 6.03 Å². The van der Waals surface area contributed by atoms with Crippen LogP contribution in [0.2, 0.25) is 0 Å². The van der Waals surface area contributed by atoms with Crippen LogP contribution in [-0.4, -0.2) is 54.4 Å². The Labute approximate surface area is 126 Å². The Morgan fingerprint density at radius 1 is 1.38 bits per heavy atom. The number of aromatic nitrogens is 1. The summed E-state index contributed by atoms with van der Waals surface area (Å²) in [6.45, 7) is 8.93. The molecular weight excluding hydrogens is 268 g/mol. The molecule has 2 amide bonds. The number of ether oxygens (including phenoxy) is 1. The van der Waals surface area contributed by atoms with Crippen LogP contribution in [0.15, 0.2) is 12.1 Å². The standard InChI is InChI=1S/C15H26N4O2/c1-12(11-19-6-8-21-9-7-19)17-15(20)16-10-14-5-4-13(2)18(14)3/h4-5,12H,6-11H2,1-3H3,(H2,16,17,20). The molecule has 118 valence electrons. The molecule has 2 N–H and O–H groups in total. The van der Waals surface area contributed by atoms with Gasteiger partial charge in [-0.1, -0.05) is 0 Å². The third-order valence-electron chi connectivity index (χ3n) is 3.92. The van der Waals surface area contributed by atoms with Crippen LogP contribution in [0.4, 0.5) is 4.79 Å². The van der Waals surface area contributed by atoms with Gasteiger partial charge in [-0.25, -0.2) is 4.79 Å². The normalized spacial score (nSPS) is 17.5. The summed E-state index contributed by atoms with van der Waals surface area (Å²) in [6, 6.07) is 4.09. The van der Waals surface area contributed by atoms with Gasteiger partial charge in [0.05, 0.1) is 19.8 Å². The van der Waals surface area contributed by atoms with Crippen LogP contribution >= 0.6 is 0 Å². The van der Waals surface area contributed by atoms with Crippen molar-refractivity contribution < 1.29 is 9.53 Å². The number of carbonyl (C=O) groups is 1. The third kappa shape index (κ3) is 4.75. The van der Waals surface area contributed by atoms with E-state index in [2.05, 4.69) is 26.2 Å². The van der Waals surface area contributed by atoms with Gasteiger partial charge in [0.2, 0.25) is 0 Å². The van der Waals surface area contributed by atoms with E-state index in [1.165, 1.54) is 5.69 Å². The van der Waals surface area contributed by atoms with E-state index in [-0.39, 0.29) is 12.1 Å². The van der Waals surface area contributed by atoms with Crippen molar-refractivity contribution in [2.24, 2.45) is 7.05 Å². The second-order valence-corrected chi connectivity index (χ2v) is 5.67. The van der Waals surface area contributed by atoms with Crippen LogP contribution < -0.4 is 10.6 Å². The highest BCUT2D eigenvalue weighted by Gasteiger charge is 2.15. The molecule has 2 heterocycles. The summed E-state index contributed by atoms with van der Waals surface area (Å²) in [6.07, 6.45) is 0. The average molecular weight is 294 g/mol. The van der Waals surface area contributed by atoms with Crippen molar-refractivity contribution >= 4 is 6.03 Å². The highest BCUT2D eigenvalue weighted by atomic mass is 16.5. The van der Waals surface area contributed by atoms with E-state index in [0.29, 0.717) is 6.54 Å². The minimum absolute atomic E-state index is 0.116. The third-order valence-corrected chi connectivity index (χ3v) is 3.92. The van der Waals surface area contributed by atoms with Gasteiger partial charge in [-0.15, -0.1) is 0 Å². The Balaban J connectivity index is 1.69. The molecule has 0 bridgehead atoms. The quantitative estimate of drug-likeness (QED) is 0.846. The smallest absolute Gasteiger partial charge is 0.315 e. The maximum absolute atomic E-state index is 11.9. The SMILES string of the molecule is Cc1ccc(CNC(=O)NC(C)CN2CCOCC2)n1C. The fourth-order valence-electron chi connectivity index (χ4n) is 2.51. The van der Waals surface area contributed by atoms with Gasteiger partial charge in [0.25, 0.3) is 0 Å². The van der Waals surface area contributed by atoms with E-state index in [0.717, 1.165) is 38.5 Å². The molecule has 1 fully saturated rings. The largest absolute Gasteiger partial charge is 0.379 e. The van der Waals surface area contributed by atoms with E-state index in [4.69, 9.17) is 4.74 Å². The summed E-state index contributed by atoms with van der Waals surface area (Å²) in [5, 5.41) is 5.89. The molecule has 1 aromatic rings. The van der Waals surface area contributed by atoms with Crippen molar-refractivity contribution in [3.05, 3.63) is 23.5 Å². The van der Waals surface area contributed by atoms with E-state index < -0.39 is 0 Å². The Hall–Kier alpha value is -1.53. The molecule has 2 rings (SSSR count). The molecule has 1 unspecified atom stereocenters. The first-order valence-electron chi connectivity index (χ1n) is 7.52. The molecule has 6 heteroatoms. The minimum atomic E-state index is -0.116.